The first kappa shape index (κ1) is 19.2. The van der Waals surface area contributed by atoms with Crippen LogP contribution in [-0.4, -0.2) is 32.7 Å². The average molecular weight is 398 g/mol. The number of rotatable bonds is 4. The van der Waals surface area contributed by atoms with Gasteiger partial charge < -0.3 is 10.2 Å². The first-order valence-corrected chi connectivity index (χ1v) is 10.9. The Hall–Kier alpha value is -1.60. The van der Waals surface area contributed by atoms with Gasteiger partial charge in [0.1, 0.15) is 10.7 Å². The number of benzene rings is 1. The Balaban J connectivity index is 2.02. The van der Waals surface area contributed by atoms with Crippen LogP contribution in [0.5, 0.6) is 0 Å². The summed E-state index contributed by atoms with van der Waals surface area (Å²) in [5.74, 6) is 0.208. The molecule has 3 rings (SSSR count). The molecule has 1 unspecified atom stereocenters. The van der Waals surface area contributed by atoms with E-state index in [0.717, 1.165) is 32.1 Å². The number of hydrogen-bond donors (Lipinski definition) is 1. The number of carbonyl (C=O) groups excluding carboxylic acids is 1. The molecule has 6 nitrogen and oxygen atoms in total. The number of amides is 1. The fourth-order valence-corrected chi connectivity index (χ4v) is 4.99. The van der Waals surface area contributed by atoms with Gasteiger partial charge in [0, 0.05) is 19.0 Å². The molecule has 1 saturated heterocycles. The van der Waals surface area contributed by atoms with Crippen molar-refractivity contribution in [1.82, 2.24) is 5.32 Å². The number of carbonyl (C=O) groups is 1. The number of hydrogen-bond acceptors (Lipinski definition) is 4. The number of nitrogens with zero attached hydrogens (tertiary/aromatic N) is 2. The molecule has 1 fully saturated rings. The third kappa shape index (κ3) is 3.74. The number of fused-ring (bicyclic) bond motifs is 3. The molecule has 2 heterocycles. The molecule has 1 atom stereocenters. The lowest BCUT2D eigenvalue weighted by molar-refractivity contribution is 0.0938. The van der Waals surface area contributed by atoms with Gasteiger partial charge in [-0.05, 0) is 38.3 Å². The number of sulfonamides is 1. The highest BCUT2D eigenvalue weighted by atomic mass is 35.5. The van der Waals surface area contributed by atoms with E-state index in [2.05, 4.69) is 9.71 Å². The van der Waals surface area contributed by atoms with Crippen LogP contribution in [-0.2, 0) is 10.0 Å². The second kappa shape index (κ2) is 7.56. The van der Waals surface area contributed by atoms with E-state index in [0.29, 0.717) is 24.5 Å². The lowest BCUT2D eigenvalue weighted by Crippen LogP contribution is -2.36. The first-order valence-electron chi connectivity index (χ1n) is 9.09. The van der Waals surface area contributed by atoms with Crippen LogP contribution in [0, 0.1) is 0 Å². The zero-order chi connectivity index (χ0) is 18.9. The Morgan fingerprint density at radius 3 is 2.85 bits per heavy atom. The molecule has 0 radical (unpaired) electrons. The maximum Gasteiger partial charge on any atom is 0.286 e. The predicted octanol–water partition coefficient (Wildman–Crippen LogP) is 3.74. The summed E-state index contributed by atoms with van der Waals surface area (Å²) in [5, 5.41) is 3.13. The smallest absolute Gasteiger partial charge is 0.286 e. The van der Waals surface area contributed by atoms with E-state index >= 15 is 0 Å². The van der Waals surface area contributed by atoms with E-state index in [1.165, 1.54) is 6.07 Å². The van der Waals surface area contributed by atoms with Crippen LogP contribution in [0.1, 0.15) is 62.7 Å². The van der Waals surface area contributed by atoms with Gasteiger partial charge in [-0.3, -0.25) is 4.79 Å². The SMILES string of the molecule is CCCC(C)NC(=O)c1cc2c(cc1Cl)N1CCCCCC1=NS2(=O)=O. The van der Waals surface area contributed by atoms with Crippen LogP contribution in [0.2, 0.25) is 5.02 Å². The van der Waals surface area contributed by atoms with Crippen molar-refractivity contribution >= 4 is 39.1 Å². The second-order valence-corrected chi connectivity index (χ2v) is 8.89. The summed E-state index contributed by atoms with van der Waals surface area (Å²) in [5.41, 5.74) is 0.700. The third-order valence-electron chi connectivity index (χ3n) is 4.78. The van der Waals surface area contributed by atoms with Crippen LogP contribution < -0.4 is 10.2 Å². The highest BCUT2D eigenvalue weighted by molar-refractivity contribution is 7.90. The van der Waals surface area contributed by atoms with Crippen LogP contribution in [0.25, 0.3) is 0 Å². The Morgan fingerprint density at radius 2 is 2.12 bits per heavy atom. The van der Waals surface area contributed by atoms with Gasteiger partial charge in [-0.25, -0.2) is 0 Å². The summed E-state index contributed by atoms with van der Waals surface area (Å²) in [6.07, 6.45) is 5.34. The van der Waals surface area contributed by atoms with E-state index in [9.17, 15) is 13.2 Å². The monoisotopic (exact) mass is 397 g/mol. The fourth-order valence-electron chi connectivity index (χ4n) is 3.48. The Bertz CT molecular complexity index is 851. The van der Waals surface area contributed by atoms with Gasteiger partial charge in [0.2, 0.25) is 0 Å². The molecule has 26 heavy (non-hydrogen) atoms. The molecule has 8 heteroatoms. The maximum absolute atomic E-state index is 12.7. The van der Waals surface area contributed by atoms with Gasteiger partial charge in [-0.1, -0.05) is 31.4 Å². The molecule has 0 bridgehead atoms. The summed E-state index contributed by atoms with van der Waals surface area (Å²) in [7, 11) is -3.83. The van der Waals surface area contributed by atoms with Crippen molar-refractivity contribution in [2.75, 3.05) is 11.4 Å². The second-order valence-electron chi connectivity index (χ2n) is 6.91. The number of anilines is 1. The molecule has 0 saturated carbocycles. The van der Waals surface area contributed by atoms with Crippen LogP contribution in [0.4, 0.5) is 5.69 Å². The summed E-state index contributed by atoms with van der Waals surface area (Å²) in [4.78, 5) is 14.5. The quantitative estimate of drug-likeness (QED) is 0.839. The third-order valence-corrected chi connectivity index (χ3v) is 6.43. The van der Waals surface area contributed by atoms with Gasteiger partial charge in [0.15, 0.2) is 0 Å². The van der Waals surface area contributed by atoms with Crippen LogP contribution in [0.3, 0.4) is 0 Å². The van der Waals surface area contributed by atoms with E-state index in [1.807, 2.05) is 18.7 Å². The lowest BCUT2D eigenvalue weighted by atomic mass is 10.1. The molecule has 1 N–H and O–H groups in total. The maximum atomic E-state index is 12.7. The molecule has 2 aliphatic heterocycles. The number of halogens is 1. The Morgan fingerprint density at radius 1 is 1.35 bits per heavy atom. The molecule has 1 amide bonds. The van der Waals surface area contributed by atoms with Crippen LogP contribution >= 0.6 is 11.6 Å². The van der Waals surface area contributed by atoms with Gasteiger partial charge >= 0.3 is 0 Å². The molecule has 1 aromatic carbocycles. The van der Waals surface area contributed by atoms with Crippen molar-refractivity contribution in [3.63, 3.8) is 0 Å². The summed E-state index contributed by atoms with van der Waals surface area (Å²) < 4.78 is 29.3. The highest BCUT2D eigenvalue weighted by Crippen LogP contribution is 2.37. The first-order chi connectivity index (χ1) is 12.3. The minimum atomic E-state index is -3.83. The summed E-state index contributed by atoms with van der Waals surface area (Å²) >= 11 is 6.36. The Kier molecular flexibility index (Phi) is 5.58. The zero-order valence-corrected chi connectivity index (χ0v) is 16.7. The van der Waals surface area contributed by atoms with Crippen LogP contribution in [0.15, 0.2) is 21.4 Å². The molecule has 142 valence electrons. The van der Waals surface area contributed by atoms with Crippen molar-refractivity contribution in [3.05, 3.63) is 22.7 Å². The number of nitrogens with one attached hydrogen (secondary N) is 1. The standard InChI is InChI=1S/C18H24ClN3O3S/c1-3-7-12(2)20-18(23)13-10-16-15(11-14(13)19)22-9-6-4-5-8-17(22)21-26(16,24)25/h10-12H,3-9H2,1-2H3,(H,20,23). The van der Waals surface area contributed by atoms with Crippen molar-refractivity contribution in [2.45, 2.75) is 63.3 Å². The van der Waals surface area contributed by atoms with Gasteiger partial charge in [0.05, 0.1) is 16.3 Å². The molecule has 0 spiro atoms. The minimum absolute atomic E-state index is 0.00793. The summed E-state index contributed by atoms with van der Waals surface area (Å²) in [6, 6.07) is 2.95. The van der Waals surface area contributed by atoms with Crippen molar-refractivity contribution in [2.24, 2.45) is 4.40 Å². The summed E-state index contributed by atoms with van der Waals surface area (Å²) in [6.45, 7) is 4.66. The minimum Gasteiger partial charge on any atom is -0.350 e. The predicted molar refractivity (Wildman–Crippen MR) is 104 cm³/mol. The van der Waals surface area contributed by atoms with Crippen molar-refractivity contribution in [1.29, 1.82) is 0 Å². The number of amidine groups is 1. The fraction of sp³-hybridized carbons (Fsp3) is 0.556. The average Bonchev–Trinajstić information content (AvgIpc) is 2.79. The zero-order valence-electron chi connectivity index (χ0n) is 15.1. The van der Waals surface area contributed by atoms with E-state index in [4.69, 9.17) is 11.6 Å². The van der Waals surface area contributed by atoms with Crippen molar-refractivity contribution in [3.8, 4) is 0 Å². The lowest BCUT2D eigenvalue weighted by Gasteiger charge is -2.30. The highest BCUT2D eigenvalue weighted by Gasteiger charge is 2.33. The van der Waals surface area contributed by atoms with E-state index < -0.39 is 10.0 Å². The molecule has 1 aromatic rings. The van der Waals surface area contributed by atoms with E-state index in [-0.39, 0.29) is 27.4 Å². The molecular weight excluding hydrogens is 374 g/mol. The normalized spacial score (nSPS) is 19.7. The van der Waals surface area contributed by atoms with Gasteiger partial charge in [-0.15, -0.1) is 4.40 Å². The molecule has 0 aliphatic carbocycles. The molecule has 0 aromatic heterocycles. The van der Waals surface area contributed by atoms with Gasteiger partial charge in [-0.2, -0.15) is 8.42 Å². The molecule has 2 aliphatic rings. The van der Waals surface area contributed by atoms with Crippen molar-refractivity contribution < 1.29 is 13.2 Å². The topological polar surface area (TPSA) is 78.8 Å². The van der Waals surface area contributed by atoms with E-state index in [1.54, 1.807) is 6.07 Å². The molecular formula is C18H24ClN3O3S. The Labute approximate surface area is 159 Å². The largest absolute Gasteiger partial charge is 0.350 e. The van der Waals surface area contributed by atoms with Gasteiger partial charge in [0.25, 0.3) is 15.9 Å².